The molecule has 0 unspecified atom stereocenters. The second-order valence-corrected chi connectivity index (χ2v) is 4.66. The van der Waals surface area contributed by atoms with Gasteiger partial charge in [0.15, 0.2) is 0 Å². The third-order valence-electron chi connectivity index (χ3n) is 0.789. The third kappa shape index (κ3) is 1.95. The van der Waals surface area contributed by atoms with E-state index in [9.17, 15) is 4.57 Å². The predicted octanol–water partition coefficient (Wildman–Crippen LogP) is 0.777. The molecule has 0 aromatic rings. The van der Waals surface area contributed by atoms with E-state index in [2.05, 4.69) is 6.92 Å². The van der Waals surface area contributed by atoms with Gasteiger partial charge in [0.2, 0.25) is 0 Å². The molecule has 0 bridgehead atoms. The van der Waals surface area contributed by atoms with Crippen molar-refractivity contribution in [3.63, 3.8) is 0 Å². The van der Waals surface area contributed by atoms with Gasteiger partial charge in [0.05, 0.1) is 5.16 Å². The summed E-state index contributed by atoms with van der Waals surface area (Å²) in [5.74, 6) is 0. The average Bonchev–Trinajstić information content (AvgIpc) is 1.25. The van der Waals surface area contributed by atoms with Crippen molar-refractivity contribution in [3.8, 4) is 0 Å². The minimum absolute atomic E-state index is 1.15. The van der Waals surface area contributed by atoms with E-state index in [1.165, 1.54) is 13.8 Å². The van der Waals surface area contributed by atoms with Crippen LogP contribution in [0.3, 0.4) is 0 Å². The molecule has 0 rings (SSSR count). The summed E-state index contributed by atoms with van der Waals surface area (Å²) in [6.45, 7) is 6.07. The first kappa shape index (κ1) is 8.15. The van der Waals surface area contributed by atoms with Gasteiger partial charge in [-0.15, -0.1) is 0 Å². The molecule has 0 aromatic carbocycles. The second kappa shape index (κ2) is 1.83. The second-order valence-electron chi connectivity index (χ2n) is 2.36. The molecule has 2 N–H and O–H groups in total. The fourth-order valence-corrected chi connectivity index (χ4v) is 0. The van der Waals surface area contributed by atoms with E-state index in [0.717, 1.165) is 0 Å². The quantitative estimate of drug-likeness (QED) is 0.525. The highest BCUT2D eigenvalue weighted by atomic mass is 31.2. The molecule has 0 amide bonds. The monoisotopic (exact) mass is 137 g/mol. The average molecular weight is 137 g/mol. The zero-order chi connectivity index (χ0) is 7.00. The van der Waals surface area contributed by atoms with Crippen molar-refractivity contribution in [1.82, 2.24) is 0 Å². The molecule has 0 fully saturated rings. The Morgan fingerprint density at radius 3 is 1.62 bits per heavy atom. The summed E-state index contributed by atoms with van der Waals surface area (Å²) >= 11 is 0. The first-order valence-electron chi connectivity index (χ1n) is 2.16. The summed E-state index contributed by atoms with van der Waals surface area (Å²) in [6, 6.07) is 0. The topological polar surface area (TPSA) is 57.5 Å². The molecule has 4 heteroatoms. The summed E-state index contributed by atoms with van der Waals surface area (Å²) < 4.78 is 10.3. The molecule has 0 atom stereocenters. The summed E-state index contributed by atoms with van der Waals surface area (Å²) in [6.07, 6.45) is 0. The van der Waals surface area contributed by atoms with Gasteiger partial charge in [0, 0.05) is 0 Å². The van der Waals surface area contributed by atoms with E-state index >= 15 is 0 Å². The van der Waals surface area contributed by atoms with Gasteiger partial charge in [0.25, 0.3) is 0 Å². The highest BCUT2D eigenvalue weighted by Crippen LogP contribution is 2.48. The Bertz CT molecular complexity index is 118. The lowest BCUT2D eigenvalue weighted by Gasteiger charge is -2.18. The van der Waals surface area contributed by atoms with Gasteiger partial charge in [-0.05, 0) is 20.8 Å². The largest absolute Gasteiger partial charge is 0.331 e. The number of rotatable bonds is 1. The van der Waals surface area contributed by atoms with Gasteiger partial charge in [0.1, 0.15) is 0 Å². The molecule has 3 nitrogen and oxygen atoms in total. The van der Waals surface area contributed by atoms with Crippen molar-refractivity contribution >= 4 is 7.60 Å². The highest BCUT2D eigenvalue weighted by molar-refractivity contribution is 7.53. The number of hydrogen-bond acceptors (Lipinski definition) is 1. The van der Waals surface area contributed by atoms with Gasteiger partial charge >= 0.3 is 7.60 Å². The van der Waals surface area contributed by atoms with Crippen molar-refractivity contribution in [1.29, 1.82) is 0 Å². The van der Waals surface area contributed by atoms with Gasteiger partial charge in [-0.25, -0.2) is 0 Å². The Hall–Kier alpha value is 0.150. The molecule has 8 heavy (non-hydrogen) atoms. The predicted molar refractivity (Wildman–Crippen MR) is 31.5 cm³/mol. The molecule has 0 aliphatic rings. The van der Waals surface area contributed by atoms with E-state index < -0.39 is 12.8 Å². The Morgan fingerprint density at radius 2 is 1.62 bits per heavy atom. The minimum atomic E-state index is -3.96. The lowest BCUT2D eigenvalue weighted by atomic mass is 10.3. The van der Waals surface area contributed by atoms with Crippen LogP contribution in [0.15, 0.2) is 0 Å². The van der Waals surface area contributed by atoms with E-state index in [-0.39, 0.29) is 0 Å². The van der Waals surface area contributed by atoms with Crippen LogP contribution < -0.4 is 0 Å². The zero-order valence-corrected chi connectivity index (χ0v) is 5.85. The van der Waals surface area contributed by atoms with Gasteiger partial charge < -0.3 is 9.79 Å². The molecular formula is C4H10O3P. The van der Waals surface area contributed by atoms with Crippen molar-refractivity contribution in [2.24, 2.45) is 0 Å². The SMILES string of the molecule is [CH2]C(C)(C)P(=O)(O)O. The smallest absolute Gasteiger partial charge is 0.324 e. The molecule has 0 aromatic heterocycles. The van der Waals surface area contributed by atoms with E-state index in [0.29, 0.717) is 0 Å². The van der Waals surface area contributed by atoms with Crippen molar-refractivity contribution in [3.05, 3.63) is 6.92 Å². The summed E-state index contributed by atoms with van der Waals surface area (Å²) in [5.41, 5.74) is 0. The lowest BCUT2D eigenvalue weighted by Crippen LogP contribution is -2.13. The molecule has 49 valence electrons. The highest BCUT2D eigenvalue weighted by Gasteiger charge is 2.32. The van der Waals surface area contributed by atoms with Crippen LogP contribution in [-0.2, 0) is 4.57 Å². The van der Waals surface area contributed by atoms with Crippen molar-refractivity contribution < 1.29 is 14.4 Å². The van der Waals surface area contributed by atoms with Crippen molar-refractivity contribution in [2.45, 2.75) is 19.0 Å². The van der Waals surface area contributed by atoms with Crippen LogP contribution in [0.2, 0.25) is 0 Å². The van der Waals surface area contributed by atoms with Crippen LogP contribution >= 0.6 is 7.60 Å². The molecule has 0 spiro atoms. The maximum absolute atomic E-state index is 10.3. The van der Waals surface area contributed by atoms with Gasteiger partial charge in [-0.3, -0.25) is 4.57 Å². The first-order valence-corrected chi connectivity index (χ1v) is 3.77. The zero-order valence-electron chi connectivity index (χ0n) is 4.96. The van der Waals surface area contributed by atoms with Crippen LogP contribution in [0.5, 0.6) is 0 Å². The van der Waals surface area contributed by atoms with E-state index in [1.54, 1.807) is 0 Å². The standard InChI is InChI=1S/C4H10O3P/c1-4(2,3)8(5,6)7/h1H2,2-3H3,(H2,5,6,7). The summed E-state index contributed by atoms with van der Waals surface area (Å²) in [5, 5.41) is -1.15. The first-order chi connectivity index (χ1) is 3.25. The Kier molecular flexibility index (Phi) is 1.87. The number of hydrogen-bond donors (Lipinski definition) is 2. The molecule has 0 saturated heterocycles. The summed E-state index contributed by atoms with van der Waals surface area (Å²) in [4.78, 5) is 16.8. The van der Waals surface area contributed by atoms with Crippen LogP contribution in [0.25, 0.3) is 0 Å². The molecule has 0 aliphatic carbocycles. The minimum Gasteiger partial charge on any atom is -0.324 e. The van der Waals surface area contributed by atoms with E-state index in [1.807, 2.05) is 0 Å². The summed E-state index contributed by atoms with van der Waals surface area (Å²) in [7, 11) is -3.96. The Morgan fingerprint density at radius 1 is 1.50 bits per heavy atom. The Labute approximate surface area is 48.9 Å². The Balaban J connectivity index is 4.26. The molecule has 0 aliphatic heterocycles. The fourth-order valence-electron chi connectivity index (χ4n) is 0. The fraction of sp³-hybridized carbons (Fsp3) is 0.750. The van der Waals surface area contributed by atoms with Crippen LogP contribution in [0, 0.1) is 6.92 Å². The van der Waals surface area contributed by atoms with Gasteiger partial charge in [-0.1, -0.05) is 0 Å². The normalized spacial score (nSPS) is 14.1. The maximum atomic E-state index is 10.3. The molecule has 1 radical (unpaired) electrons. The van der Waals surface area contributed by atoms with Crippen molar-refractivity contribution in [2.75, 3.05) is 0 Å². The van der Waals surface area contributed by atoms with Crippen LogP contribution in [-0.4, -0.2) is 14.9 Å². The van der Waals surface area contributed by atoms with E-state index in [4.69, 9.17) is 9.79 Å². The van der Waals surface area contributed by atoms with Crippen LogP contribution in [0.1, 0.15) is 13.8 Å². The lowest BCUT2D eigenvalue weighted by molar-refractivity contribution is 0.349. The molecule has 0 saturated carbocycles. The molecule has 0 heterocycles. The molecular weight excluding hydrogens is 127 g/mol. The van der Waals surface area contributed by atoms with Gasteiger partial charge in [-0.2, -0.15) is 0 Å². The van der Waals surface area contributed by atoms with Crippen LogP contribution in [0.4, 0.5) is 0 Å². The maximum Gasteiger partial charge on any atom is 0.331 e. The third-order valence-corrected chi connectivity index (χ3v) is 2.37.